The first-order valence-electron chi connectivity index (χ1n) is 9.54. The zero-order valence-electron chi connectivity index (χ0n) is 16.2. The fourth-order valence-corrected chi connectivity index (χ4v) is 3.74. The number of aromatic carboxylic acids is 1. The smallest absolute Gasteiger partial charge is 0.341 e. The summed E-state index contributed by atoms with van der Waals surface area (Å²) in [6, 6.07) is 3.01. The molecule has 28 heavy (non-hydrogen) atoms. The van der Waals surface area contributed by atoms with E-state index in [-0.39, 0.29) is 22.6 Å². The standard InChI is InChI=1S/C21H24N2O5/c1-21(2,3)17-7-12-6-16(28-10-11-4-5-11)19(25)22-18(12)14-8-15(24)13(20(26)27)9-23(14)17/h6,8-9,11,17H,4-5,7,10H2,1-3H3,(H,22,25)(H,26,27)/t17-/m0/s1. The van der Waals surface area contributed by atoms with Crippen LogP contribution in [0.4, 0.5) is 0 Å². The van der Waals surface area contributed by atoms with Gasteiger partial charge in [0.25, 0.3) is 5.56 Å². The maximum Gasteiger partial charge on any atom is 0.341 e. The van der Waals surface area contributed by atoms with Crippen LogP contribution in [0.25, 0.3) is 11.4 Å². The lowest BCUT2D eigenvalue weighted by molar-refractivity contribution is 0.0693. The molecular weight excluding hydrogens is 360 g/mol. The molecule has 1 atom stereocenters. The van der Waals surface area contributed by atoms with Gasteiger partial charge in [-0.1, -0.05) is 20.8 Å². The van der Waals surface area contributed by atoms with Crippen molar-refractivity contribution in [1.82, 2.24) is 9.55 Å². The number of pyridine rings is 2. The summed E-state index contributed by atoms with van der Waals surface area (Å²) < 4.78 is 7.53. The van der Waals surface area contributed by atoms with Crippen LogP contribution < -0.4 is 15.7 Å². The number of H-pyrrole nitrogens is 1. The summed E-state index contributed by atoms with van der Waals surface area (Å²) in [5.74, 6) is -0.418. The second kappa shape index (κ2) is 6.36. The Morgan fingerprint density at radius 3 is 2.61 bits per heavy atom. The zero-order valence-corrected chi connectivity index (χ0v) is 16.2. The van der Waals surface area contributed by atoms with Gasteiger partial charge in [-0.3, -0.25) is 9.59 Å². The van der Waals surface area contributed by atoms with Crippen LogP contribution >= 0.6 is 0 Å². The third-order valence-electron chi connectivity index (χ3n) is 5.58. The Morgan fingerprint density at radius 1 is 1.29 bits per heavy atom. The third kappa shape index (κ3) is 3.25. The molecule has 1 aliphatic heterocycles. The van der Waals surface area contributed by atoms with Crippen LogP contribution in [-0.4, -0.2) is 27.2 Å². The monoisotopic (exact) mass is 384 g/mol. The summed E-state index contributed by atoms with van der Waals surface area (Å²) in [5, 5.41) is 9.35. The number of hydrogen-bond donors (Lipinski definition) is 2. The van der Waals surface area contributed by atoms with E-state index in [2.05, 4.69) is 25.8 Å². The van der Waals surface area contributed by atoms with Gasteiger partial charge in [-0.25, -0.2) is 4.79 Å². The van der Waals surface area contributed by atoms with Crippen molar-refractivity contribution in [2.45, 2.75) is 46.1 Å². The van der Waals surface area contributed by atoms with Crippen molar-refractivity contribution in [1.29, 1.82) is 0 Å². The Morgan fingerprint density at radius 2 is 2.00 bits per heavy atom. The fraction of sp³-hybridized carbons (Fsp3) is 0.476. The predicted molar refractivity (Wildman–Crippen MR) is 104 cm³/mol. The van der Waals surface area contributed by atoms with Crippen molar-refractivity contribution in [2.75, 3.05) is 6.61 Å². The number of carboxylic acids is 1. The molecule has 3 heterocycles. The van der Waals surface area contributed by atoms with Gasteiger partial charge < -0.3 is 19.4 Å². The third-order valence-corrected chi connectivity index (χ3v) is 5.58. The summed E-state index contributed by atoms with van der Waals surface area (Å²) in [4.78, 5) is 39.1. The van der Waals surface area contributed by atoms with Crippen molar-refractivity contribution in [3.63, 3.8) is 0 Å². The lowest BCUT2D eigenvalue weighted by atomic mass is 9.80. The van der Waals surface area contributed by atoms with Crippen LogP contribution in [0.1, 0.15) is 55.6 Å². The van der Waals surface area contributed by atoms with Crippen LogP contribution in [0.3, 0.4) is 0 Å². The molecule has 0 bridgehead atoms. The first-order chi connectivity index (χ1) is 13.1. The van der Waals surface area contributed by atoms with Crippen molar-refractivity contribution >= 4 is 5.97 Å². The molecule has 0 aromatic carbocycles. The van der Waals surface area contributed by atoms with E-state index in [0.29, 0.717) is 36.1 Å². The van der Waals surface area contributed by atoms with Gasteiger partial charge in [0.2, 0.25) is 0 Å². The molecule has 7 nitrogen and oxygen atoms in total. The Balaban J connectivity index is 1.87. The normalized spacial score (nSPS) is 18.3. The first kappa shape index (κ1) is 18.5. The molecule has 0 saturated heterocycles. The zero-order chi connectivity index (χ0) is 20.2. The number of aromatic amines is 1. The maximum absolute atomic E-state index is 12.5. The number of hydrogen-bond acceptors (Lipinski definition) is 4. The minimum atomic E-state index is -1.25. The average molecular weight is 384 g/mol. The van der Waals surface area contributed by atoms with E-state index in [1.807, 2.05) is 4.57 Å². The van der Waals surface area contributed by atoms with E-state index < -0.39 is 11.4 Å². The Bertz CT molecular complexity index is 1070. The molecule has 4 rings (SSSR count). The number of aromatic nitrogens is 2. The molecule has 2 aromatic rings. The number of carboxylic acid groups (broad SMARTS) is 1. The van der Waals surface area contributed by atoms with E-state index in [1.165, 1.54) is 12.3 Å². The van der Waals surface area contributed by atoms with Gasteiger partial charge in [0.05, 0.1) is 18.0 Å². The quantitative estimate of drug-likeness (QED) is 0.844. The number of ether oxygens (including phenoxy) is 1. The predicted octanol–water partition coefficient (Wildman–Crippen LogP) is 2.83. The van der Waals surface area contributed by atoms with Crippen molar-refractivity contribution in [2.24, 2.45) is 11.3 Å². The largest absolute Gasteiger partial charge is 0.488 e. The highest BCUT2D eigenvalue weighted by Gasteiger charge is 2.34. The minimum Gasteiger partial charge on any atom is -0.488 e. The molecule has 0 unspecified atom stereocenters. The van der Waals surface area contributed by atoms with E-state index >= 15 is 0 Å². The number of nitrogens with zero attached hydrogens (tertiary/aromatic N) is 1. The van der Waals surface area contributed by atoms with E-state index in [1.54, 1.807) is 6.07 Å². The van der Waals surface area contributed by atoms with Gasteiger partial charge in [-0.05, 0) is 42.2 Å². The molecule has 7 heteroatoms. The van der Waals surface area contributed by atoms with Gasteiger partial charge in [-0.15, -0.1) is 0 Å². The summed E-state index contributed by atoms with van der Waals surface area (Å²) in [7, 11) is 0. The second-order valence-corrected chi connectivity index (χ2v) is 8.85. The summed E-state index contributed by atoms with van der Waals surface area (Å²) in [6.07, 6.45) is 4.27. The molecule has 1 fully saturated rings. The average Bonchev–Trinajstić information content (AvgIpc) is 3.42. The molecule has 148 valence electrons. The van der Waals surface area contributed by atoms with Crippen LogP contribution in [0, 0.1) is 11.3 Å². The summed E-state index contributed by atoms with van der Waals surface area (Å²) in [6.45, 7) is 6.76. The molecule has 1 saturated carbocycles. The van der Waals surface area contributed by atoms with Gasteiger partial charge >= 0.3 is 5.97 Å². The summed E-state index contributed by atoms with van der Waals surface area (Å²) >= 11 is 0. The van der Waals surface area contributed by atoms with Crippen LogP contribution in [0.5, 0.6) is 5.75 Å². The second-order valence-electron chi connectivity index (χ2n) is 8.85. The van der Waals surface area contributed by atoms with E-state index in [4.69, 9.17) is 4.74 Å². The van der Waals surface area contributed by atoms with Crippen molar-refractivity contribution in [3.05, 3.63) is 50.0 Å². The molecule has 2 aromatic heterocycles. The molecule has 0 amide bonds. The highest BCUT2D eigenvalue weighted by molar-refractivity contribution is 5.87. The topological polar surface area (TPSA) is 101 Å². The Kier molecular flexibility index (Phi) is 4.21. The number of carbonyl (C=O) groups is 1. The lowest BCUT2D eigenvalue weighted by Crippen LogP contribution is -2.34. The highest BCUT2D eigenvalue weighted by Crippen LogP contribution is 2.42. The van der Waals surface area contributed by atoms with Crippen LogP contribution in [-0.2, 0) is 6.42 Å². The lowest BCUT2D eigenvalue weighted by Gasteiger charge is -2.38. The van der Waals surface area contributed by atoms with Crippen LogP contribution in [0.2, 0.25) is 0 Å². The van der Waals surface area contributed by atoms with Gasteiger partial charge in [-0.2, -0.15) is 0 Å². The minimum absolute atomic E-state index is 0.0733. The highest BCUT2D eigenvalue weighted by atomic mass is 16.5. The first-order valence-corrected chi connectivity index (χ1v) is 9.54. The Hall–Kier alpha value is -2.83. The number of fused-ring (bicyclic) bond motifs is 3. The SMILES string of the molecule is CC(C)(C)[C@@H]1Cc2cc(OCC3CC3)c(=O)[nH]c2-c2cc(=O)c(C(=O)O)cn21. The van der Waals surface area contributed by atoms with E-state index in [9.17, 15) is 19.5 Å². The van der Waals surface area contributed by atoms with Crippen molar-refractivity contribution < 1.29 is 14.6 Å². The Labute approximate surface area is 162 Å². The summed E-state index contributed by atoms with van der Waals surface area (Å²) in [5.41, 5.74) is 0.605. The number of nitrogens with one attached hydrogen (secondary N) is 1. The van der Waals surface area contributed by atoms with Crippen LogP contribution in [0.15, 0.2) is 27.9 Å². The van der Waals surface area contributed by atoms with Gasteiger partial charge in [0.1, 0.15) is 5.56 Å². The van der Waals surface area contributed by atoms with Gasteiger partial charge in [0, 0.05) is 18.3 Å². The van der Waals surface area contributed by atoms with Crippen molar-refractivity contribution in [3.8, 4) is 17.1 Å². The molecule has 2 aliphatic rings. The number of rotatable bonds is 4. The fourth-order valence-electron chi connectivity index (χ4n) is 3.74. The molecule has 1 aliphatic carbocycles. The van der Waals surface area contributed by atoms with Gasteiger partial charge in [0.15, 0.2) is 11.2 Å². The maximum atomic E-state index is 12.5. The molecular formula is C21H24N2O5. The van der Waals surface area contributed by atoms with E-state index in [0.717, 1.165) is 18.4 Å². The molecule has 2 N–H and O–H groups in total. The molecule has 0 radical (unpaired) electrons. The molecule has 0 spiro atoms.